The van der Waals surface area contributed by atoms with Gasteiger partial charge in [0.15, 0.2) is 6.61 Å². The number of ether oxygens (including phenoxy) is 2. The average molecular weight is 373 g/mol. The van der Waals surface area contributed by atoms with Crippen LogP contribution in [0.4, 0.5) is 4.39 Å². The summed E-state index contributed by atoms with van der Waals surface area (Å²) in [5, 5.41) is 3.77. The van der Waals surface area contributed by atoms with E-state index < -0.39 is 11.9 Å². The van der Waals surface area contributed by atoms with Crippen LogP contribution < -0.4 is 0 Å². The van der Waals surface area contributed by atoms with E-state index in [2.05, 4.69) is 15.1 Å². The maximum absolute atomic E-state index is 13.0. The largest absolute Gasteiger partial charge is 0.465 e. The highest BCUT2D eigenvalue weighted by atomic mass is 19.1. The molecule has 3 rings (SSSR count). The fourth-order valence-corrected chi connectivity index (χ4v) is 2.59. The van der Waals surface area contributed by atoms with E-state index in [4.69, 9.17) is 14.0 Å². The first-order valence-electron chi connectivity index (χ1n) is 7.93. The first kappa shape index (κ1) is 18.3. The van der Waals surface area contributed by atoms with Crippen LogP contribution in [0, 0.1) is 19.7 Å². The van der Waals surface area contributed by atoms with Crippen LogP contribution in [-0.2, 0) is 16.1 Å². The minimum Gasteiger partial charge on any atom is -0.465 e. The van der Waals surface area contributed by atoms with Crippen molar-refractivity contribution in [1.29, 1.82) is 0 Å². The van der Waals surface area contributed by atoms with Gasteiger partial charge in [0.1, 0.15) is 11.5 Å². The Morgan fingerprint density at radius 1 is 1.19 bits per heavy atom. The summed E-state index contributed by atoms with van der Waals surface area (Å²) in [5.41, 5.74) is 1.94. The van der Waals surface area contributed by atoms with Gasteiger partial charge in [-0.15, -0.1) is 0 Å². The van der Waals surface area contributed by atoms with E-state index in [9.17, 15) is 14.0 Å². The molecule has 0 radical (unpaired) electrons. The molecular weight excluding hydrogens is 357 g/mol. The number of carbonyl (C=O) groups excluding carboxylic acids is 2. The molecule has 2 heterocycles. The summed E-state index contributed by atoms with van der Waals surface area (Å²) in [6.07, 6.45) is 0. The van der Waals surface area contributed by atoms with Gasteiger partial charge >= 0.3 is 11.9 Å². The number of aryl methyl sites for hydroxylation is 1. The lowest BCUT2D eigenvalue weighted by atomic mass is 10.1. The van der Waals surface area contributed by atoms with Gasteiger partial charge in [0.05, 0.1) is 12.7 Å². The number of carbonyl (C=O) groups is 2. The highest BCUT2D eigenvalue weighted by Crippen LogP contribution is 2.20. The second-order valence-electron chi connectivity index (χ2n) is 5.71. The number of nitrogens with zero attached hydrogens (tertiary/aromatic N) is 2. The lowest BCUT2D eigenvalue weighted by Crippen LogP contribution is -2.08. The van der Waals surface area contributed by atoms with E-state index in [0.717, 1.165) is 0 Å². The lowest BCUT2D eigenvalue weighted by molar-refractivity contribution is 0.0422. The van der Waals surface area contributed by atoms with E-state index in [1.165, 1.54) is 31.4 Å². The Balaban J connectivity index is 1.70. The van der Waals surface area contributed by atoms with Crippen molar-refractivity contribution in [2.45, 2.75) is 20.5 Å². The van der Waals surface area contributed by atoms with E-state index in [0.29, 0.717) is 22.4 Å². The number of methoxy groups -OCH3 is 1. The Morgan fingerprint density at radius 2 is 1.89 bits per heavy atom. The van der Waals surface area contributed by atoms with Crippen LogP contribution in [0.25, 0.3) is 11.4 Å². The van der Waals surface area contributed by atoms with Crippen LogP contribution >= 0.6 is 0 Å². The Bertz CT molecular complexity index is 991. The van der Waals surface area contributed by atoms with Crippen LogP contribution in [0.5, 0.6) is 0 Å². The zero-order valence-electron chi connectivity index (χ0n) is 14.8. The van der Waals surface area contributed by atoms with Crippen LogP contribution in [0.1, 0.15) is 38.0 Å². The van der Waals surface area contributed by atoms with Crippen LogP contribution in [0.3, 0.4) is 0 Å². The van der Waals surface area contributed by atoms with E-state index in [1.54, 1.807) is 13.8 Å². The van der Waals surface area contributed by atoms with Crippen LogP contribution in [0.2, 0.25) is 0 Å². The van der Waals surface area contributed by atoms with Gasteiger partial charge < -0.3 is 19.0 Å². The molecule has 1 N–H and O–H groups in total. The van der Waals surface area contributed by atoms with Crippen molar-refractivity contribution >= 4 is 11.9 Å². The summed E-state index contributed by atoms with van der Waals surface area (Å²) in [4.78, 5) is 31.0. The molecule has 0 saturated carbocycles. The van der Waals surface area contributed by atoms with Gasteiger partial charge in [-0.2, -0.15) is 4.98 Å². The molecule has 0 aliphatic carbocycles. The molecule has 2 aromatic heterocycles. The number of benzene rings is 1. The standard InChI is InChI=1S/C18H16FN3O5/c1-9-14(17(23)25-3)10(2)20-15(9)18(24)26-8-13-21-16(22-27-13)11-4-6-12(19)7-5-11/h4-7,20H,8H2,1-3H3. The third-order valence-corrected chi connectivity index (χ3v) is 3.93. The summed E-state index contributed by atoms with van der Waals surface area (Å²) in [7, 11) is 1.26. The van der Waals surface area contributed by atoms with Gasteiger partial charge in [0, 0.05) is 11.3 Å². The van der Waals surface area contributed by atoms with Crippen molar-refractivity contribution < 1.29 is 28.0 Å². The monoisotopic (exact) mass is 373 g/mol. The molecule has 9 heteroatoms. The smallest absolute Gasteiger partial charge is 0.355 e. The van der Waals surface area contributed by atoms with E-state index in [-0.39, 0.29) is 29.8 Å². The fraction of sp³-hybridized carbons (Fsp3) is 0.222. The predicted octanol–water partition coefficient (Wildman–Crippen LogP) is 2.96. The topological polar surface area (TPSA) is 107 Å². The minimum absolute atomic E-state index is 0.0804. The predicted molar refractivity (Wildman–Crippen MR) is 90.4 cm³/mol. The van der Waals surface area contributed by atoms with Gasteiger partial charge in [-0.3, -0.25) is 0 Å². The molecule has 27 heavy (non-hydrogen) atoms. The third-order valence-electron chi connectivity index (χ3n) is 3.93. The molecule has 0 amide bonds. The Morgan fingerprint density at radius 3 is 2.56 bits per heavy atom. The summed E-state index contributed by atoms with van der Waals surface area (Å²) in [6.45, 7) is 3.02. The molecular formula is C18H16FN3O5. The first-order chi connectivity index (χ1) is 12.9. The average Bonchev–Trinajstić information content (AvgIpc) is 3.24. The Hall–Kier alpha value is -3.49. The molecule has 8 nitrogen and oxygen atoms in total. The lowest BCUT2D eigenvalue weighted by Gasteiger charge is -2.02. The molecule has 140 valence electrons. The normalized spacial score (nSPS) is 10.7. The number of hydrogen-bond acceptors (Lipinski definition) is 7. The molecule has 0 unspecified atom stereocenters. The molecule has 0 aliphatic heterocycles. The van der Waals surface area contributed by atoms with Gasteiger partial charge in [0.2, 0.25) is 5.82 Å². The number of hydrogen-bond donors (Lipinski definition) is 1. The molecule has 0 aliphatic rings. The van der Waals surface area contributed by atoms with Crippen molar-refractivity contribution in [3.8, 4) is 11.4 Å². The molecule has 1 aromatic carbocycles. The van der Waals surface area contributed by atoms with Crippen LogP contribution in [-0.4, -0.2) is 34.2 Å². The van der Waals surface area contributed by atoms with E-state index >= 15 is 0 Å². The van der Waals surface area contributed by atoms with Crippen molar-refractivity contribution in [2.75, 3.05) is 7.11 Å². The Labute approximate surface area is 153 Å². The van der Waals surface area contributed by atoms with Crippen molar-refractivity contribution in [2.24, 2.45) is 0 Å². The second kappa shape index (κ2) is 7.40. The first-order valence-corrected chi connectivity index (χ1v) is 7.93. The number of esters is 2. The number of aromatic nitrogens is 3. The van der Waals surface area contributed by atoms with Crippen LogP contribution in [0.15, 0.2) is 28.8 Å². The molecule has 0 fully saturated rings. The van der Waals surface area contributed by atoms with Gasteiger partial charge in [-0.1, -0.05) is 5.16 Å². The van der Waals surface area contributed by atoms with Gasteiger partial charge in [0.25, 0.3) is 5.89 Å². The van der Waals surface area contributed by atoms with Gasteiger partial charge in [-0.05, 0) is 43.7 Å². The number of nitrogens with one attached hydrogen (secondary N) is 1. The summed E-state index contributed by atoms with van der Waals surface area (Å²) in [6, 6.07) is 5.58. The highest BCUT2D eigenvalue weighted by Gasteiger charge is 2.24. The maximum Gasteiger partial charge on any atom is 0.355 e. The number of aromatic amines is 1. The molecule has 0 bridgehead atoms. The number of halogens is 1. The van der Waals surface area contributed by atoms with Crippen molar-refractivity contribution in [3.63, 3.8) is 0 Å². The molecule has 0 atom stereocenters. The highest BCUT2D eigenvalue weighted by molar-refractivity contribution is 5.98. The maximum atomic E-state index is 13.0. The quantitative estimate of drug-likeness (QED) is 0.685. The summed E-state index contributed by atoms with van der Waals surface area (Å²) >= 11 is 0. The third kappa shape index (κ3) is 3.71. The zero-order chi connectivity index (χ0) is 19.6. The molecule has 3 aromatic rings. The molecule has 0 spiro atoms. The second-order valence-corrected chi connectivity index (χ2v) is 5.71. The van der Waals surface area contributed by atoms with Gasteiger partial charge in [-0.25, -0.2) is 14.0 Å². The Kier molecular flexibility index (Phi) is 5.02. The zero-order valence-corrected chi connectivity index (χ0v) is 14.8. The fourth-order valence-electron chi connectivity index (χ4n) is 2.59. The number of H-pyrrole nitrogens is 1. The van der Waals surface area contributed by atoms with E-state index in [1.807, 2.05) is 0 Å². The summed E-state index contributed by atoms with van der Waals surface area (Å²) < 4.78 is 27.9. The van der Waals surface area contributed by atoms with Crippen molar-refractivity contribution in [3.05, 3.63) is 58.5 Å². The summed E-state index contributed by atoms with van der Waals surface area (Å²) in [5.74, 6) is -1.26. The molecule has 0 saturated heterocycles. The minimum atomic E-state index is -0.674. The SMILES string of the molecule is COC(=O)c1c(C)[nH]c(C(=O)OCc2nc(-c3ccc(F)cc3)no2)c1C. The number of rotatable bonds is 5. The van der Waals surface area contributed by atoms with Crippen molar-refractivity contribution in [1.82, 2.24) is 15.1 Å².